The molecule has 0 atom stereocenters. The molecule has 1 rings (SSSR count). The molecule has 0 aliphatic heterocycles. The van der Waals surface area contributed by atoms with Crippen LogP contribution in [0.15, 0.2) is 21.7 Å². The van der Waals surface area contributed by atoms with Gasteiger partial charge in [0.05, 0.1) is 7.11 Å². The third kappa shape index (κ3) is 1.56. The van der Waals surface area contributed by atoms with Crippen molar-refractivity contribution >= 4 is 11.9 Å². The maximum Gasteiger partial charge on any atom is 0.373 e. The van der Waals surface area contributed by atoms with E-state index in [9.17, 15) is 4.79 Å². The van der Waals surface area contributed by atoms with Gasteiger partial charge in [-0.25, -0.2) is 4.79 Å². The molecule has 0 radical (unpaired) electrons. The van der Waals surface area contributed by atoms with E-state index < -0.39 is 5.97 Å². The van der Waals surface area contributed by atoms with Gasteiger partial charge >= 0.3 is 5.97 Å². The Morgan fingerprint density at radius 3 is 3.08 bits per heavy atom. The second-order valence-corrected chi connectivity index (χ2v) is 1.82. The average Bonchev–Trinajstić information content (AvgIpc) is 2.52. The predicted molar refractivity (Wildman–Crippen MR) is 38.9 cm³/mol. The van der Waals surface area contributed by atoms with Crippen LogP contribution in [-0.4, -0.2) is 13.1 Å². The maximum atomic E-state index is 10.8. The minimum Gasteiger partial charge on any atom is -0.463 e. The first-order valence-electron chi connectivity index (χ1n) is 3.01. The summed E-state index contributed by atoms with van der Waals surface area (Å²) in [5.74, 6) is -0.549. The first-order valence-corrected chi connectivity index (χ1v) is 3.01. The lowest BCUT2D eigenvalue weighted by atomic mass is 10.5. The number of furan rings is 1. The van der Waals surface area contributed by atoms with Crippen molar-refractivity contribution in [2.75, 3.05) is 7.11 Å². The second-order valence-electron chi connectivity index (χ2n) is 1.82. The molecule has 0 bridgehead atoms. The number of nitrogens with zero attached hydrogens (tertiary/aromatic N) is 3. The van der Waals surface area contributed by atoms with E-state index in [1.807, 2.05) is 0 Å². The van der Waals surface area contributed by atoms with Gasteiger partial charge in [0.1, 0.15) is 0 Å². The molecule has 0 aliphatic carbocycles. The number of carbonyl (C=O) groups excluding carboxylic acids is 1. The fraction of sp³-hybridized carbons (Fsp3) is 0.167. The summed E-state index contributed by atoms with van der Waals surface area (Å²) in [6, 6.07) is 2.75. The third-order valence-electron chi connectivity index (χ3n) is 1.12. The summed E-state index contributed by atoms with van der Waals surface area (Å²) in [5.41, 5.74) is 8.01. The van der Waals surface area contributed by atoms with Crippen molar-refractivity contribution in [2.45, 2.75) is 0 Å². The molecule has 0 saturated carbocycles. The molecule has 1 heterocycles. The topological polar surface area (TPSA) is 88.2 Å². The van der Waals surface area contributed by atoms with E-state index in [0.717, 1.165) is 0 Å². The van der Waals surface area contributed by atoms with Gasteiger partial charge in [0.2, 0.25) is 5.76 Å². The minimum absolute atomic E-state index is 0.0138. The van der Waals surface area contributed by atoms with E-state index in [0.29, 0.717) is 0 Å². The summed E-state index contributed by atoms with van der Waals surface area (Å²) in [7, 11) is 1.23. The number of hydrogen-bond acceptors (Lipinski definition) is 4. The summed E-state index contributed by atoms with van der Waals surface area (Å²) in [6.07, 6.45) is 0. The quantitative estimate of drug-likeness (QED) is 0.292. The molecule has 12 heavy (non-hydrogen) atoms. The van der Waals surface area contributed by atoms with Gasteiger partial charge in [-0.3, -0.25) is 0 Å². The molecule has 0 unspecified atom stereocenters. The van der Waals surface area contributed by atoms with Crippen LogP contribution in [0, 0.1) is 0 Å². The van der Waals surface area contributed by atoms with Crippen LogP contribution in [0.5, 0.6) is 0 Å². The lowest BCUT2D eigenvalue weighted by Crippen LogP contribution is -1.97. The van der Waals surface area contributed by atoms with Crippen LogP contribution < -0.4 is 0 Å². The van der Waals surface area contributed by atoms with Gasteiger partial charge in [0.25, 0.3) is 0 Å². The third-order valence-corrected chi connectivity index (χ3v) is 1.12. The van der Waals surface area contributed by atoms with Gasteiger partial charge in [-0.2, -0.15) is 0 Å². The van der Waals surface area contributed by atoms with Crippen LogP contribution in [0.2, 0.25) is 0 Å². The molecule has 1 aromatic heterocycles. The first kappa shape index (κ1) is 8.16. The number of carbonyl (C=O) groups is 1. The van der Waals surface area contributed by atoms with E-state index >= 15 is 0 Å². The lowest BCUT2D eigenvalue weighted by molar-refractivity contribution is 0.0566. The molecule has 1 aromatic rings. The number of rotatable bonds is 2. The van der Waals surface area contributed by atoms with Crippen LogP contribution in [0.1, 0.15) is 10.6 Å². The molecule has 6 nitrogen and oxygen atoms in total. The van der Waals surface area contributed by atoms with Crippen molar-refractivity contribution in [2.24, 2.45) is 5.11 Å². The molecule has 0 saturated heterocycles. The Bertz CT molecular complexity index is 338. The summed E-state index contributed by atoms with van der Waals surface area (Å²) in [6.45, 7) is 0. The van der Waals surface area contributed by atoms with Crippen LogP contribution in [0.3, 0.4) is 0 Å². The van der Waals surface area contributed by atoms with E-state index in [1.165, 1.54) is 19.2 Å². The van der Waals surface area contributed by atoms with Crippen molar-refractivity contribution in [1.82, 2.24) is 0 Å². The van der Waals surface area contributed by atoms with Crippen LogP contribution >= 0.6 is 0 Å². The summed E-state index contributed by atoms with van der Waals surface area (Å²) in [5, 5.41) is 3.15. The minimum atomic E-state index is -0.602. The molecule has 0 amide bonds. The zero-order chi connectivity index (χ0) is 8.97. The van der Waals surface area contributed by atoms with Crippen molar-refractivity contribution in [3.63, 3.8) is 0 Å². The zero-order valence-electron chi connectivity index (χ0n) is 6.22. The van der Waals surface area contributed by atoms with E-state index in [2.05, 4.69) is 14.8 Å². The number of hydrogen-bond donors (Lipinski definition) is 0. The van der Waals surface area contributed by atoms with Crippen LogP contribution in [0.4, 0.5) is 5.88 Å². The highest BCUT2D eigenvalue weighted by atomic mass is 16.5. The number of esters is 1. The summed E-state index contributed by atoms with van der Waals surface area (Å²) >= 11 is 0. The highest BCUT2D eigenvalue weighted by Crippen LogP contribution is 2.16. The lowest BCUT2D eigenvalue weighted by Gasteiger charge is -1.90. The van der Waals surface area contributed by atoms with E-state index in [4.69, 9.17) is 9.95 Å². The van der Waals surface area contributed by atoms with E-state index in [1.54, 1.807) is 0 Å². The molecule has 6 heteroatoms. The van der Waals surface area contributed by atoms with Crippen LogP contribution in [0.25, 0.3) is 10.4 Å². The molecular formula is C6H5N3O3. The highest BCUT2D eigenvalue weighted by Gasteiger charge is 2.09. The van der Waals surface area contributed by atoms with Gasteiger partial charge in [-0.15, -0.1) is 0 Å². The molecule has 62 valence electrons. The summed E-state index contributed by atoms with van der Waals surface area (Å²) < 4.78 is 9.14. The van der Waals surface area contributed by atoms with Gasteiger partial charge in [-0.05, 0) is 22.8 Å². The SMILES string of the molecule is COC(=O)c1ccc(N=[N+]=[N-])o1. The Labute approximate surface area is 67.4 Å². The van der Waals surface area contributed by atoms with Gasteiger partial charge < -0.3 is 9.15 Å². The predicted octanol–water partition coefficient (Wildman–Crippen LogP) is 2.01. The normalized spacial score (nSPS) is 8.75. The molecule has 0 aliphatic rings. The Morgan fingerprint density at radius 1 is 1.75 bits per heavy atom. The standard InChI is InChI=1S/C6H5N3O3/c1-11-6(10)4-2-3-5(12-4)8-9-7/h2-3H,1H3. The molecule has 0 fully saturated rings. The average molecular weight is 167 g/mol. The molecule has 0 aromatic carbocycles. The van der Waals surface area contributed by atoms with Gasteiger partial charge in [0.15, 0.2) is 5.88 Å². The number of ether oxygens (including phenoxy) is 1. The fourth-order valence-electron chi connectivity index (χ4n) is 0.636. The monoisotopic (exact) mass is 167 g/mol. The van der Waals surface area contributed by atoms with E-state index in [-0.39, 0.29) is 11.6 Å². The smallest absolute Gasteiger partial charge is 0.373 e. The molecule has 0 N–H and O–H groups in total. The highest BCUT2D eigenvalue weighted by molar-refractivity contribution is 5.86. The Kier molecular flexibility index (Phi) is 2.35. The Morgan fingerprint density at radius 2 is 2.50 bits per heavy atom. The first-order chi connectivity index (χ1) is 5.77. The van der Waals surface area contributed by atoms with Crippen LogP contribution in [-0.2, 0) is 4.74 Å². The number of methoxy groups -OCH3 is 1. The maximum absolute atomic E-state index is 10.8. The van der Waals surface area contributed by atoms with Crippen molar-refractivity contribution in [1.29, 1.82) is 0 Å². The molecule has 0 spiro atoms. The molecular weight excluding hydrogens is 162 g/mol. The Hall–Kier alpha value is -1.94. The van der Waals surface area contributed by atoms with Gasteiger partial charge in [0, 0.05) is 4.91 Å². The van der Waals surface area contributed by atoms with Gasteiger partial charge in [-0.1, -0.05) is 0 Å². The second kappa shape index (κ2) is 3.45. The number of azide groups is 1. The van der Waals surface area contributed by atoms with Crippen molar-refractivity contribution in [3.8, 4) is 0 Å². The van der Waals surface area contributed by atoms with Crippen molar-refractivity contribution in [3.05, 3.63) is 28.3 Å². The Balaban J connectivity index is 2.91. The zero-order valence-corrected chi connectivity index (χ0v) is 6.22. The largest absolute Gasteiger partial charge is 0.463 e. The fourth-order valence-corrected chi connectivity index (χ4v) is 0.636. The van der Waals surface area contributed by atoms with Crippen molar-refractivity contribution < 1.29 is 13.9 Å². The summed E-state index contributed by atoms with van der Waals surface area (Å²) in [4.78, 5) is 13.3.